The van der Waals surface area contributed by atoms with Crippen molar-refractivity contribution in [3.8, 4) is 0 Å². The molecule has 166 valence electrons. The zero-order valence-electron chi connectivity index (χ0n) is 17.1. The minimum Gasteiger partial charge on any atom is -0.447 e. The molecule has 1 fully saturated rings. The normalized spacial score (nSPS) is 25.8. The maximum absolute atomic E-state index is 13.0. The second-order valence-electron chi connectivity index (χ2n) is 8.91. The number of halogens is 3. The number of benzene rings is 1. The van der Waals surface area contributed by atoms with Gasteiger partial charge in [0.2, 0.25) is 5.60 Å². The van der Waals surface area contributed by atoms with Crippen molar-refractivity contribution in [3.63, 3.8) is 0 Å². The Bertz CT molecular complexity index is 1150. The van der Waals surface area contributed by atoms with Crippen LogP contribution in [0.25, 0.3) is 0 Å². The molecule has 9 heteroatoms. The number of rotatable bonds is 0. The average molecular weight is 443 g/mol. The van der Waals surface area contributed by atoms with Crippen molar-refractivity contribution in [1.82, 2.24) is 9.88 Å². The minimum absolute atomic E-state index is 0.0635. The molecule has 0 N–H and O–H groups in total. The van der Waals surface area contributed by atoms with Crippen LogP contribution >= 0.6 is 0 Å². The molecule has 0 saturated carbocycles. The summed E-state index contributed by atoms with van der Waals surface area (Å²) < 4.78 is 51.3. The van der Waals surface area contributed by atoms with E-state index < -0.39 is 23.4 Å². The van der Waals surface area contributed by atoms with Gasteiger partial charge >= 0.3 is 6.18 Å². The van der Waals surface area contributed by atoms with Crippen molar-refractivity contribution in [2.75, 3.05) is 13.1 Å². The number of hydrogen-bond acceptors (Lipinski definition) is 5. The Morgan fingerprint density at radius 2 is 1.75 bits per heavy atom. The van der Waals surface area contributed by atoms with Crippen molar-refractivity contribution < 1.29 is 27.4 Å². The SMILES string of the molecule is O=C1N=C(N2CCC3(CC2)OCc2ccccc23)OC12Cc1cnc(C(F)(F)F)cc1C2. The van der Waals surface area contributed by atoms with Gasteiger partial charge < -0.3 is 14.4 Å². The molecule has 4 aliphatic rings. The fourth-order valence-corrected chi connectivity index (χ4v) is 5.33. The number of likely N-dealkylation sites (tertiary alicyclic amines) is 1. The molecule has 1 atom stereocenters. The molecule has 3 aliphatic heterocycles. The van der Waals surface area contributed by atoms with Crippen molar-refractivity contribution in [1.29, 1.82) is 0 Å². The second-order valence-corrected chi connectivity index (χ2v) is 8.91. The van der Waals surface area contributed by atoms with E-state index in [-0.39, 0.29) is 24.5 Å². The molecule has 1 unspecified atom stereocenters. The van der Waals surface area contributed by atoms with Crippen LogP contribution in [0.15, 0.2) is 41.5 Å². The molecule has 6 nitrogen and oxygen atoms in total. The summed E-state index contributed by atoms with van der Waals surface area (Å²) in [5.41, 5.74) is 0.910. The van der Waals surface area contributed by atoms with E-state index in [2.05, 4.69) is 22.1 Å². The zero-order valence-corrected chi connectivity index (χ0v) is 17.1. The van der Waals surface area contributed by atoms with Gasteiger partial charge in [-0.3, -0.25) is 9.78 Å². The maximum Gasteiger partial charge on any atom is 0.433 e. The topological polar surface area (TPSA) is 64.0 Å². The van der Waals surface area contributed by atoms with E-state index in [1.165, 1.54) is 17.3 Å². The Morgan fingerprint density at radius 3 is 2.53 bits per heavy atom. The van der Waals surface area contributed by atoms with E-state index in [9.17, 15) is 18.0 Å². The van der Waals surface area contributed by atoms with Crippen molar-refractivity contribution in [2.24, 2.45) is 4.99 Å². The van der Waals surface area contributed by atoms with Gasteiger partial charge in [0.05, 0.1) is 12.2 Å². The molecule has 6 rings (SSSR count). The summed E-state index contributed by atoms with van der Waals surface area (Å²) in [5, 5.41) is 0. The number of pyridine rings is 1. The Labute approximate surface area is 182 Å². The lowest BCUT2D eigenvalue weighted by Crippen LogP contribution is -2.47. The van der Waals surface area contributed by atoms with Gasteiger partial charge in [-0.15, -0.1) is 0 Å². The number of hydrogen-bond donors (Lipinski definition) is 0. The van der Waals surface area contributed by atoms with Crippen LogP contribution in [0.2, 0.25) is 0 Å². The first-order chi connectivity index (χ1) is 15.3. The number of amides is 1. The van der Waals surface area contributed by atoms with Gasteiger partial charge in [0, 0.05) is 32.1 Å². The molecule has 1 aliphatic carbocycles. The minimum atomic E-state index is -4.53. The van der Waals surface area contributed by atoms with Crippen LogP contribution in [0.1, 0.15) is 40.8 Å². The van der Waals surface area contributed by atoms with Crippen molar-refractivity contribution in [3.05, 3.63) is 64.5 Å². The number of amidine groups is 1. The fourth-order valence-electron chi connectivity index (χ4n) is 5.33. The number of aromatic nitrogens is 1. The predicted octanol–water partition coefficient (Wildman–Crippen LogP) is 3.37. The number of aliphatic imine (C=N–C) groups is 1. The molecule has 0 radical (unpaired) electrons. The summed E-state index contributed by atoms with van der Waals surface area (Å²) in [4.78, 5) is 22.4. The first kappa shape index (κ1) is 19.7. The van der Waals surface area contributed by atoms with Gasteiger partial charge in [0.25, 0.3) is 11.9 Å². The Kier molecular flexibility index (Phi) is 4.03. The predicted molar refractivity (Wildman–Crippen MR) is 107 cm³/mol. The molecule has 2 spiro atoms. The zero-order chi connectivity index (χ0) is 22.1. The average Bonchev–Trinajstić information content (AvgIpc) is 3.42. The highest BCUT2D eigenvalue weighted by Gasteiger charge is 2.53. The van der Waals surface area contributed by atoms with Crippen molar-refractivity contribution in [2.45, 2.75) is 49.7 Å². The number of carbonyl (C=O) groups excluding carboxylic acids is 1. The van der Waals surface area contributed by atoms with Gasteiger partial charge in [-0.1, -0.05) is 24.3 Å². The maximum atomic E-state index is 13.0. The number of ether oxygens (including phenoxy) is 2. The number of fused-ring (bicyclic) bond motifs is 3. The van der Waals surface area contributed by atoms with Crippen LogP contribution in [0.4, 0.5) is 13.2 Å². The lowest BCUT2D eigenvalue weighted by molar-refractivity contribution is -0.141. The van der Waals surface area contributed by atoms with Crippen LogP contribution in [0, 0.1) is 0 Å². The third-order valence-corrected chi connectivity index (χ3v) is 7.05. The first-order valence-electron chi connectivity index (χ1n) is 10.6. The number of alkyl halides is 3. The Balaban J connectivity index is 1.17. The van der Waals surface area contributed by atoms with E-state index in [0.717, 1.165) is 18.9 Å². The molecule has 0 bridgehead atoms. The molecule has 1 aromatic carbocycles. The monoisotopic (exact) mass is 443 g/mol. The van der Waals surface area contributed by atoms with Gasteiger partial charge in [-0.2, -0.15) is 18.2 Å². The highest BCUT2D eigenvalue weighted by molar-refractivity contribution is 6.02. The number of carbonyl (C=O) groups is 1. The smallest absolute Gasteiger partial charge is 0.433 e. The van der Waals surface area contributed by atoms with Gasteiger partial charge in [0.15, 0.2) is 0 Å². The van der Waals surface area contributed by atoms with Gasteiger partial charge in [-0.25, -0.2) is 0 Å². The highest BCUT2D eigenvalue weighted by atomic mass is 19.4. The lowest BCUT2D eigenvalue weighted by atomic mass is 9.84. The standard InChI is InChI=1S/C23H20F3N3O3/c24-23(25,26)18-9-15-10-22(11-16(15)12-27-18)19(30)28-20(32-22)29-7-5-21(6-8-29)17-4-2-1-3-14(17)13-31-21/h1-4,9,12H,5-8,10-11,13H2. The highest BCUT2D eigenvalue weighted by Crippen LogP contribution is 2.45. The fraction of sp³-hybridized carbons (Fsp3) is 0.435. The van der Waals surface area contributed by atoms with Crippen LogP contribution in [0.5, 0.6) is 0 Å². The molecule has 1 aromatic heterocycles. The summed E-state index contributed by atoms with van der Waals surface area (Å²) >= 11 is 0. The molecule has 2 aromatic rings. The van der Waals surface area contributed by atoms with Crippen LogP contribution in [-0.4, -0.2) is 40.5 Å². The van der Waals surface area contributed by atoms with Crippen molar-refractivity contribution >= 4 is 11.9 Å². The summed E-state index contributed by atoms with van der Waals surface area (Å²) in [6.07, 6.45) is -1.61. The third kappa shape index (κ3) is 2.87. The van der Waals surface area contributed by atoms with Gasteiger partial charge in [0.1, 0.15) is 5.69 Å². The Hall–Kier alpha value is -2.94. The quantitative estimate of drug-likeness (QED) is 0.625. The van der Waals surface area contributed by atoms with E-state index >= 15 is 0 Å². The van der Waals surface area contributed by atoms with Gasteiger partial charge in [-0.05, 0) is 41.2 Å². The van der Waals surface area contributed by atoms with E-state index in [0.29, 0.717) is 30.8 Å². The number of nitrogens with zero attached hydrogens (tertiary/aromatic N) is 3. The molecule has 4 heterocycles. The van der Waals surface area contributed by atoms with Crippen LogP contribution < -0.4 is 0 Å². The summed E-state index contributed by atoms with van der Waals surface area (Å²) in [7, 11) is 0. The largest absolute Gasteiger partial charge is 0.447 e. The molecule has 1 saturated heterocycles. The van der Waals surface area contributed by atoms with E-state index in [1.807, 2.05) is 17.0 Å². The molecule has 32 heavy (non-hydrogen) atoms. The molecule has 1 amide bonds. The van der Waals surface area contributed by atoms with E-state index in [1.54, 1.807) is 0 Å². The second kappa shape index (κ2) is 6.54. The Morgan fingerprint density at radius 1 is 1.00 bits per heavy atom. The van der Waals surface area contributed by atoms with E-state index in [4.69, 9.17) is 9.47 Å². The third-order valence-electron chi connectivity index (χ3n) is 7.05. The first-order valence-corrected chi connectivity index (χ1v) is 10.6. The summed E-state index contributed by atoms with van der Waals surface area (Å²) in [5.74, 6) is -0.444. The summed E-state index contributed by atoms with van der Waals surface area (Å²) in [6.45, 7) is 1.83. The molecular weight excluding hydrogens is 423 g/mol. The lowest BCUT2D eigenvalue weighted by Gasteiger charge is -2.39. The number of piperidine rings is 1. The van der Waals surface area contributed by atoms with Crippen LogP contribution in [0.3, 0.4) is 0 Å². The molecular formula is C23H20F3N3O3. The summed E-state index contributed by atoms with van der Waals surface area (Å²) in [6, 6.07) is 9.49. The van der Waals surface area contributed by atoms with Crippen LogP contribution in [-0.2, 0) is 45.5 Å².